The summed E-state index contributed by atoms with van der Waals surface area (Å²) in [6, 6.07) is 16.0. The molecule has 0 bridgehead atoms. The third-order valence-electron chi connectivity index (χ3n) is 10.2. The lowest BCUT2D eigenvalue weighted by Crippen LogP contribution is -2.28. The summed E-state index contributed by atoms with van der Waals surface area (Å²) in [7, 11) is 0. The van der Waals surface area contributed by atoms with E-state index in [4.69, 9.17) is 25.4 Å². The van der Waals surface area contributed by atoms with Crippen molar-refractivity contribution in [1.29, 1.82) is 0 Å². The molecule has 0 saturated carbocycles. The molecule has 1 aliphatic rings. The van der Waals surface area contributed by atoms with E-state index in [0.29, 0.717) is 16.7 Å². The Morgan fingerprint density at radius 3 is 1.88 bits per heavy atom. The van der Waals surface area contributed by atoms with Crippen LogP contribution in [0.3, 0.4) is 0 Å². The number of furan rings is 1. The first-order valence-electron chi connectivity index (χ1n) is 26.2. The molecule has 0 radical (unpaired) electrons. The Morgan fingerprint density at radius 1 is 0.429 bits per heavy atom. The molecule has 0 N–H and O–H groups in total. The van der Waals surface area contributed by atoms with Crippen LogP contribution in [-0.4, -0.2) is 9.97 Å². The first kappa shape index (κ1) is 19.3. The summed E-state index contributed by atoms with van der Waals surface area (Å²) >= 11 is 0. The SMILES string of the molecule is [2H]c1c([2H])c([2H])c(C2(c3c([2H])c([2H])c([2H])c([2H])c3[2H])c3c([2H])c([2H])c([2H])c([2H])c3-c3c(-c4cc(-c5cccc(-c6ccc7oc8ccccc8c7c6)c5)nc(-c5ccccc5)n4)c([2H])c([2H])c([2H])c32)c([2H])c1[2H]. The van der Waals surface area contributed by atoms with Gasteiger partial charge in [0.25, 0.3) is 0 Å². The molecule has 56 heavy (non-hydrogen) atoms. The van der Waals surface area contributed by atoms with Gasteiger partial charge < -0.3 is 4.42 Å². The quantitative estimate of drug-likeness (QED) is 0.171. The number of rotatable bonds is 6. The van der Waals surface area contributed by atoms with Crippen LogP contribution in [0, 0.1) is 0 Å². The van der Waals surface area contributed by atoms with Crippen LogP contribution in [0.15, 0.2) is 210 Å². The highest BCUT2D eigenvalue weighted by Gasteiger charge is 2.46. The molecule has 8 aromatic carbocycles. The molecule has 3 heteroatoms. The van der Waals surface area contributed by atoms with Gasteiger partial charge in [-0.05, 0) is 74.8 Å². The number of aromatic nitrogens is 2. The van der Waals surface area contributed by atoms with E-state index in [2.05, 4.69) is 0 Å². The second kappa shape index (κ2) is 12.9. The van der Waals surface area contributed by atoms with Gasteiger partial charge >= 0.3 is 0 Å². The van der Waals surface area contributed by atoms with Crippen LogP contribution in [-0.2, 0) is 5.41 Å². The maximum Gasteiger partial charge on any atom is 0.160 e. The Labute approximate surface area is 349 Å². The van der Waals surface area contributed by atoms with Gasteiger partial charge in [-0.15, -0.1) is 0 Å². The van der Waals surface area contributed by atoms with Crippen molar-refractivity contribution in [2.75, 3.05) is 0 Å². The van der Waals surface area contributed by atoms with E-state index in [1.165, 1.54) is 6.07 Å². The van der Waals surface area contributed by atoms with Gasteiger partial charge in [0.1, 0.15) is 11.2 Å². The standard InChI is InChI=1S/C53H34N2O/c1-4-16-35(17-5-1)52-54-47(38-19-14-18-36(32-38)37-30-31-50-44(33-37)41-24-11-13-29-49(41)56-50)34-48(55-52)43-26-15-28-46-51(43)42-25-10-12-27-45(42)53(46,39-20-6-2-7-21-39)40-22-8-3-9-23-40/h1-34H/i2D,3D,6D,7D,8D,9D,10D,12D,15D,20D,21D,22D,23D,25D,26D,27D,28D. The van der Waals surface area contributed by atoms with E-state index >= 15 is 0 Å². The molecular weight excluding hydrogens is 681 g/mol. The zero-order valence-corrected chi connectivity index (χ0v) is 29.1. The lowest BCUT2D eigenvalue weighted by molar-refractivity contribution is 0.669. The summed E-state index contributed by atoms with van der Waals surface area (Å²) < 4.78 is 163. The maximum atomic E-state index is 9.81. The van der Waals surface area contributed by atoms with Gasteiger partial charge in [-0.1, -0.05) is 176 Å². The van der Waals surface area contributed by atoms with Gasteiger partial charge in [0.15, 0.2) is 5.82 Å². The van der Waals surface area contributed by atoms with Crippen LogP contribution in [0.4, 0.5) is 0 Å². The molecule has 2 aromatic heterocycles. The summed E-state index contributed by atoms with van der Waals surface area (Å²) in [5.41, 5.74) is -2.65. The molecule has 262 valence electrons. The topological polar surface area (TPSA) is 38.9 Å². The van der Waals surface area contributed by atoms with Crippen LogP contribution in [0.2, 0.25) is 0 Å². The molecule has 0 fully saturated rings. The molecule has 11 rings (SSSR count). The minimum atomic E-state index is -2.95. The van der Waals surface area contributed by atoms with Crippen LogP contribution >= 0.6 is 0 Å². The Hall–Kier alpha value is -7.36. The maximum absolute atomic E-state index is 9.81. The van der Waals surface area contributed by atoms with Crippen molar-refractivity contribution in [2.24, 2.45) is 0 Å². The predicted octanol–water partition coefficient (Wildman–Crippen LogP) is 13.4. The number of hydrogen-bond donors (Lipinski definition) is 0. The lowest BCUT2D eigenvalue weighted by atomic mass is 9.67. The Balaban J connectivity index is 1.30. The molecule has 3 nitrogen and oxygen atoms in total. The fraction of sp³-hybridized carbons (Fsp3) is 0.0189. The summed E-state index contributed by atoms with van der Waals surface area (Å²) in [6.45, 7) is 0. The van der Waals surface area contributed by atoms with E-state index in [0.717, 1.165) is 27.5 Å². The largest absolute Gasteiger partial charge is 0.456 e. The van der Waals surface area contributed by atoms with Gasteiger partial charge in [0.2, 0.25) is 0 Å². The molecule has 0 saturated heterocycles. The number of hydrogen-bond acceptors (Lipinski definition) is 3. The average Bonchev–Trinajstić information content (AvgIpc) is 3.93. The summed E-state index contributed by atoms with van der Waals surface area (Å²) in [4.78, 5) is 9.95. The molecule has 0 aliphatic heterocycles. The van der Waals surface area contributed by atoms with Crippen LogP contribution in [0.25, 0.3) is 78.1 Å². The van der Waals surface area contributed by atoms with E-state index in [1.807, 2.05) is 60.7 Å². The number of benzene rings is 8. The smallest absolute Gasteiger partial charge is 0.160 e. The van der Waals surface area contributed by atoms with Crippen molar-refractivity contribution in [1.82, 2.24) is 9.97 Å². The minimum Gasteiger partial charge on any atom is -0.456 e. The van der Waals surface area contributed by atoms with E-state index < -0.39 is 136 Å². The third-order valence-corrected chi connectivity index (χ3v) is 10.2. The fourth-order valence-corrected chi connectivity index (χ4v) is 7.74. The highest BCUT2D eigenvalue weighted by Crippen LogP contribution is 2.58. The lowest BCUT2D eigenvalue weighted by Gasteiger charge is -2.33. The van der Waals surface area contributed by atoms with Crippen LogP contribution in [0.5, 0.6) is 0 Å². The average molecular weight is 732 g/mol. The van der Waals surface area contributed by atoms with Crippen molar-refractivity contribution < 1.29 is 27.7 Å². The Morgan fingerprint density at radius 2 is 1.05 bits per heavy atom. The zero-order chi connectivity index (χ0) is 51.8. The van der Waals surface area contributed by atoms with Crippen molar-refractivity contribution in [3.63, 3.8) is 0 Å². The van der Waals surface area contributed by atoms with Gasteiger partial charge in [0, 0.05) is 27.5 Å². The molecule has 0 unspecified atom stereocenters. The Kier molecular flexibility index (Phi) is 4.44. The number of nitrogens with zero attached hydrogens (tertiary/aromatic N) is 2. The van der Waals surface area contributed by atoms with E-state index in [1.54, 1.807) is 36.4 Å². The fourth-order valence-electron chi connectivity index (χ4n) is 7.74. The first-order valence-corrected chi connectivity index (χ1v) is 17.7. The van der Waals surface area contributed by atoms with Crippen LogP contribution in [0.1, 0.15) is 45.6 Å². The summed E-state index contributed by atoms with van der Waals surface area (Å²) in [6.07, 6.45) is 0. The number of para-hydroxylation sites is 1. The molecule has 0 amide bonds. The summed E-state index contributed by atoms with van der Waals surface area (Å²) in [5, 5.41) is 1.83. The van der Waals surface area contributed by atoms with Gasteiger partial charge in [-0.2, -0.15) is 0 Å². The first-order chi connectivity index (χ1) is 34.8. The minimum absolute atomic E-state index is 0.105. The highest BCUT2D eigenvalue weighted by molar-refractivity contribution is 6.06. The second-order valence-electron chi connectivity index (χ2n) is 13.2. The normalized spacial score (nSPS) is 17.0. The van der Waals surface area contributed by atoms with Crippen molar-refractivity contribution in [3.05, 3.63) is 228 Å². The van der Waals surface area contributed by atoms with Gasteiger partial charge in [-0.3, -0.25) is 0 Å². The number of fused-ring (bicyclic) bond motifs is 6. The van der Waals surface area contributed by atoms with E-state index in [-0.39, 0.29) is 28.3 Å². The Bertz CT molecular complexity index is 3950. The summed E-state index contributed by atoms with van der Waals surface area (Å²) in [5.74, 6) is 0.107. The third kappa shape index (κ3) is 4.98. The molecule has 0 atom stereocenters. The molecule has 1 aliphatic carbocycles. The zero-order valence-electron chi connectivity index (χ0n) is 46.1. The molecular formula is C53H34N2O. The van der Waals surface area contributed by atoms with Crippen LogP contribution < -0.4 is 0 Å². The van der Waals surface area contributed by atoms with Gasteiger partial charge in [0.05, 0.1) is 40.1 Å². The molecule has 0 spiro atoms. The molecule has 10 aromatic rings. The predicted molar refractivity (Wildman–Crippen MR) is 228 cm³/mol. The second-order valence-corrected chi connectivity index (χ2v) is 13.2. The highest BCUT2D eigenvalue weighted by atomic mass is 16.3. The van der Waals surface area contributed by atoms with E-state index in [9.17, 15) is 12.3 Å². The van der Waals surface area contributed by atoms with Crippen molar-refractivity contribution in [2.45, 2.75) is 5.41 Å². The van der Waals surface area contributed by atoms with Crippen molar-refractivity contribution >= 4 is 21.9 Å². The van der Waals surface area contributed by atoms with Crippen molar-refractivity contribution in [3.8, 4) is 56.2 Å². The van der Waals surface area contributed by atoms with Gasteiger partial charge in [-0.25, -0.2) is 9.97 Å². The monoisotopic (exact) mass is 731 g/mol. The molecule has 2 heterocycles.